The van der Waals surface area contributed by atoms with E-state index in [0.717, 1.165) is 6.07 Å². The van der Waals surface area contributed by atoms with Crippen molar-refractivity contribution in [3.63, 3.8) is 0 Å². The summed E-state index contributed by atoms with van der Waals surface area (Å²) in [6.07, 6.45) is 0. The lowest BCUT2D eigenvalue weighted by atomic mass is 10.2. The van der Waals surface area contributed by atoms with Gasteiger partial charge in [-0.3, -0.25) is 14.9 Å². The summed E-state index contributed by atoms with van der Waals surface area (Å²) in [5, 5.41) is 11.1. The Hall–Kier alpha value is -2.20. The van der Waals surface area contributed by atoms with E-state index in [4.69, 9.17) is 0 Å². The molecule has 0 unspecified atom stereocenters. The molecule has 1 aromatic rings. The molecule has 0 atom stereocenters. The molecule has 116 valence electrons. The van der Waals surface area contributed by atoms with Crippen molar-refractivity contribution in [3.8, 4) is 0 Å². The van der Waals surface area contributed by atoms with Crippen molar-refractivity contribution < 1.29 is 22.9 Å². The minimum Gasteiger partial charge on any atom is -0.468 e. The molecular weight excluding hydrogens is 302 g/mol. The molecule has 9 nitrogen and oxygen atoms in total. The van der Waals surface area contributed by atoms with Gasteiger partial charge in [0.1, 0.15) is 12.2 Å². The van der Waals surface area contributed by atoms with Crippen LogP contribution in [0, 0.1) is 10.1 Å². The van der Waals surface area contributed by atoms with E-state index in [9.17, 15) is 23.3 Å². The van der Waals surface area contributed by atoms with E-state index in [1.165, 1.54) is 38.2 Å². The monoisotopic (exact) mass is 317 g/mol. The molecule has 0 aromatic heterocycles. The minimum atomic E-state index is -3.79. The fourth-order valence-corrected chi connectivity index (χ4v) is 2.35. The number of nitro groups is 1. The van der Waals surface area contributed by atoms with E-state index >= 15 is 0 Å². The Morgan fingerprint density at radius 1 is 1.48 bits per heavy atom. The highest BCUT2D eigenvalue weighted by molar-refractivity contribution is 7.89. The van der Waals surface area contributed by atoms with E-state index in [1.807, 2.05) is 0 Å². The van der Waals surface area contributed by atoms with Crippen LogP contribution >= 0.6 is 0 Å². The van der Waals surface area contributed by atoms with E-state index in [0.29, 0.717) is 0 Å². The molecule has 1 aromatic carbocycles. The van der Waals surface area contributed by atoms with Crippen LogP contribution in [-0.4, -0.2) is 47.1 Å². The molecule has 0 saturated carbocycles. The van der Waals surface area contributed by atoms with E-state index in [1.54, 1.807) is 0 Å². The van der Waals surface area contributed by atoms with Gasteiger partial charge >= 0.3 is 5.97 Å². The van der Waals surface area contributed by atoms with Gasteiger partial charge in [0.2, 0.25) is 10.0 Å². The second-order valence-electron chi connectivity index (χ2n) is 4.05. The zero-order valence-corrected chi connectivity index (χ0v) is 12.5. The molecule has 0 aliphatic rings. The zero-order valence-electron chi connectivity index (χ0n) is 11.7. The average Bonchev–Trinajstić information content (AvgIpc) is 2.46. The predicted molar refractivity (Wildman–Crippen MR) is 74.6 cm³/mol. The Bertz CT molecular complexity index is 658. The topological polar surface area (TPSA) is 119 Å². The molecule has 0 heterocycles. The Morgan fingerprint density at radius 3 is 2.57 bits per heavy atom. The van der Waals surface area contributed by atoms with Crippen LogP contribution in [0.4, 0.5) is 11.4 Å². The van der Waals surface area contributed by atoms with Crippen molar-refractivity contribution in [2.24, 2.45) is 0 Å². The number of carbonyl (C=O) groups excluding carboxylic acids is 1. The molecule has 0 spiro atoms. The number of methoxy groups -OCH3 is 1. The second-order valence-corrected chi connectivity index (χ2v) is 5.93. The maximum atomic E-state index is 11.7. The van der Waals surface area contributed by atoms with Gasteiger partial charge in [0.05, 0.1) is 16.9 Å². The Kier molecular flexibility index (Phi) is 5.22. The van der Waals surface area contributed by atoms with Gasteiger partial charge in [-0.25, -0.2) is 13.1 Å². The number of nitrogens with zero attached hydrogens (tertiary/aromatic N) is 2. The first-order valence-corrected chi connectivity index (χ1v) is 7.21. The Balaban J connectivity index is 3.29. The number of likely N-dealkylation sites (N-methyl/N-ethyl adjacent to an activating group) is 1. The number of nitrogens with one attached hydrogen (secondary N) is 1. The quantitative estimate of drug-likeness (QED) is 0.449. The largest absolute Gasteiger partial charge is 0.468 e. The lowest BCUT2D eigenvalue weighted by Gasteiger charge is -2.18. The fraction of sp³-hybridized carbons (Fsp3) is 0.364. The van der Waals surface area contributed by atoms with Gasteiger partial charge in [-0.1, -0.05) is 0 Å². The fourth-order valence-electron chi connectivity index (χ4n) is 1.60. The van der Waals surface area contributed by atoms with Gasteiger partial charge in [0.15, 0.2) is 0 Å². The van der Waals surface area contributed by atoms with Crippen LogP contribution in [0.5, 0.6) is 0 Å². The summed E-state index contributed by atoms with van der Waals surface area (Å²) >= 11 is 0. The van der Waals surface area contributed by atoms with Gasteiger partial charge < -0.3 is 9.64 Å². The summed E-state index contributed by atoms with van der Waals surface area (Å²) in [5.41, 5.74) is -0.307. The van der Waals surface area contributed by atoms with E-state index < -0.39 is 26.6 Å². The van der Waals surface area contributed by atoms with Crippen molar-refractivity contribution in [2.75, 3.05) is 32.6 Å². The van der Waals surface area contributed by atoms with Crippen molar-refractivity contribution >= 4 is 27.4 Å². The molecule has 0 amide bonds. The summed E-state index contributed by atoms with van der Waals surface area (Å²) in [6.45, 7) is -0.199. The molecule has 21 heavy (non-hydrogen) atoms. The molecule has 0 fully saturated rings. The van der Waals surface area contributed by atoms with Gasteiger partial charge in [-0.05, 0) is 19.2 Å². The number of rotatable bonds is 6. The number of sulfonamides is 1. The summed E-state index contributed by atoms with van der Waals surface area (Å²) in [7, 11) is 0.0832. The van der Waals surface area contributed by atoms with E-state index in [-0.39, 0.29) is 17.1 Å². The number of hydrogen-bond donors (Lipinski definition) is 1. The predicted octanol–water partition coefficient (Wildman–Crippen LogP) is 0.112. The second kappa shape index (κ2) is 6.50. The first-order valence-electron chi connectivity index (χ1n) is 5.73. The smallest absolute Gasteiger partial charge is 0.325 e. The summed E-state index contributed by atoms with van der Waals surface area (Å²) < 4.78 is 29.9. The minimum absolute atomic E-state index is 0.112. The molecule has 1 rings (SSSR count). The van der Waals surface area contributed by atoms with Gasteiger partial charge in [0.25, 0.3) is 5.69 Å². The van der Waals surface area contributed by atoms with Crippen LogP contribution in [0.1, 0.15) is 0 Å². The zero-order chi connectivity index (χ0) is 16.2. The molecular formula is C11H15N3O6S. The number of hydrogen-bond acceptors (Lipinski definition) is 7. The Labute approximate surface area is 121 Å². The van der Waals surface area contributed by atoms with Crippen LogP contribution in [0.3, 0.4) is 0 Å². The third kappa shape index (κ3) is 3.89. The van der Waals surface area contributed by atoms with Crippen molar-refractivity contribution in [1.29, 1.82) is 0 Å². The summed E-state index contributed by atoms with van der Waals surface area (Å²) in [6, 6.07) is 3.43. The number of esters is 1. The number of nitro benzene ring substituents is 1. The van der Waals surface area contributed by atoms with Crippen molar-refractivity contribution in [1.82, 2.24) is 4.72 Å². The third-order valence-corrected chi connectivity index (χ3v) is 4.14. The highest BCUT2D eigenvalue weighted by Crippen LogP contribution is 2.29. The summed E-state index contributed by atoms with van der Waals surface area (Å²) in [4.78, 5) is 22.7. The molecule has 0 saturated heterocycles. The average molecular weight is 317 g/mol. The maximum Gasteiger partial charge on any atom is 0.325 e. The number of anilines is 1. The first-order chi connectivity index (χ1) is 9.72. The van der Waals surface area contributed by atoms with E-state index in [2.05, 4.69) is 9.46 Å². The van der Waals surface area contributed by atoms with Crippen molar-refractivity contribution in [2.45, 2.75) is 4.90 Å². The van der Waals surface area contributed by atoms with Crippen molar-refractivity contribution in [3.05, 3.63) is 28.3 Å². The highest BCUT2D eigenvalue weighted by Gasteiger charge is 2.23. The Morgan fingerprint density at radius 2 is 2.10 bits per heavy atom. The molecule has 0 radical (unpaired) electrons. The first kappa shape index (κ1) is 16.9. The number of benzene rings is 1. The molecule has 0 aliphatic heterocycles. The van der Waals surface area contributed by atoms with Gasteiger partial charge in [0, 0.05) is 13.1 Å². The molecule has 0 bridgehead atoms. The van der Waals surface area contributed by atoms with Crippen LogP contribution < -0.4 is 9.62 Å². The highest BCUT2D eigenvalue weighted by atomic mass is 32.2. The normalized spacial score (nSPS) is 11.0. The van der Waals surface area contributed by atoms with Crippen LogP contribution in [0.15, 0.2) is 23.1 Å². The summed E-state index contributed by atoms with van der Waals surface area (Å²) in [5.74, 6) is -0.571. The van der Waals surface area contributed by atoms with Crippen LogP contribution in [-0.2, 0) is 19.6 Å². The lowest BCUT2D eigenvalue weighted by molar-refractivity contribution is -0.384. The standard InChI is InChI=1S/C11H15N3O6S/c1-12-21(18,19)8-4-5-9(10(6-8)14(16)17)13(2)7-11(15)20-3/h4-6,12H,7H2,1-3H3. The van der Waals surface area contributed by atoms with Gasteiger partial charge in [-0.15, -0.1) is 0 Å². The van der Waals surface area contributed by atoms with Gasteiger partial charge in [-0.2, -0.15) is 0 Å². The number of carbonyl (C=O) groups is 1. The van der Waals surface area contributed by atoms with Crippen LogP contribution in [0.2, 0.25) is 0 Å². The number of ether oxygens (including phenoxy) is 1. The third-order valence-electron chi connectivity index (χ3n) is 2.73. The maximum absolute atomic E-state index is 11.7. The molecule has 1 N–H and O–H groups in total. The molecule has 0 aliphatic carbocycles. The van der Waals surface area contributed by atoms with Crippen LogP contribution in [0.25, 0.3) is 0 Å². The SMILES string of the molecule is CNS(=O)(=O)c1ccc(N(C)CC(=O)OC)c([N+](=O)[O-])c1. The lowest BCUT2D eigenvalue weighted by Crippen LogP contribution is -2.27. The molecule has 10 heteroatoms.